The minimum absolute atomic E-state index is 0.00173. The van der Waals surface area contributed by atoms with Crippen molar-refractivity contribution in [3.63, 3.8) is 0 Å². The number of fused-ring (bicyclic) bond motifs is 15. The average Bonchev–Trinajstić information content (AvgIpc) is 1.63. The molecule has 1 aliphatic carbocycles. The van der Waals surface area contributed by atoms with Gasteiger partial charge >= 0.3 is 17.9 Å². The normalized spacial score (nSPS) is 25.0. The molecule has 518 valence electrons. The van der Waals surface area contributed by atoms with Crippen molar-refractivity contribution >= 4 is 121 Å². The lowest BCUT2D eigenvalue weighted by atomic mass is 9.85. The number of hydrogen-bond acceptors (Lipinski definition) is 30. The smallest absolute Gasteiger partial charge is 0.358 e. The van der Waals surface area contributed by atoms with E-state index in [0.29, 0.717) is 10.3 Å². The maximum atomic E-state index is 15.2. The zero-order valence-electron chi connectivity index (χ0n) is 53.2. The second-order valence-electron chi connectivity index (χ2n) is 24.4. The van der Waals surface area contributed by atoms with E-state index in [1.807, 2.05) is 0 Å². The molecule has 37 heteroatoms. The average molecular weight is 1450 g/mol. The van der Waals surface area contributed by atoms with Crippen LogP contribution in [0.2, 0.25) is 0 Å². The second-order valence-corrected chi connectivity index (χ2v) is 28.7. The number of aliphatic hydroxyl groups is 2. The monoisotopic (exact) mass is 1450 g/mol. The number of ether oxygens (including phenoxy) is 6. The quantitative estimate of drug-likeness (QED) is 0.0540. The van der Waals surface area contributed by atoms with Gasteiger partial charge in [-0.25, -0.2) is 44.3 Å². The van der Waals surface area contributed by atoms with E-state index < -0.39 is 145 Å². The summed E-state index contributed by atoms with van der Waals surface area (Å²) in [6.07, 6.45) is -7.15. The first-order valence-electron chi connectivity index (χ1n) is 30.5. The lowest BCUT2D eigenvalue weighted by molar-refractivity contribution is -0.280. The number of carboxylic acids is 1. The molecule has 8 aromatic rings. The van der Waals surface area contributed by atoms with Crippen molar-refractivity contribution in [3.8, 4) is 38.4 Å². The number of aromatic nitrogens is 7. The van der Waals surface area contributed by atoms with Crippen LogP contribution in [0.15, 0.2) is 56.9 Å². The molecule has 1 saturated carbocycles. The molecule has 10 unspecified atom stereocenters. The van der Waals surface area contributed by atoms with E-state index in [1.165, 1.54) is 60.0 Å². The maximum absolute atomic E-state index is 15.2. The van der Waals surface area contributed by atoms with Crippen molar-refractivity contribution in [1.82, 2.24) is 66.1 Å². The summed E-state index contributed by atoms with van der Waals surface area (Å²) in [4.78, 5) is 144. The number of thiazole rings is 5. The molecule has 5 aliphatic rings. The number of carbonyl (C=O) groups excluding carboxylic acids is 7. The van der Waals surface area contributed by atoms with Gasteiger partial charge in [0.15, 0.2) is 18.1 Å². The van der Waals surface area contributed by atoms with Gasteiger partial charge in [0.05, 0.1) is 43.1 Å². The number of pyridine rings is 1. The molecule has 0 radical (unpaired) electrons. The van der Waals surface area contributed by atoms with Gasteiger partial charge < -0.3 is 85.5 Å². The highest BCUT2D eigenvalue weighted by Crippen LogP contribution is 2.44. The number of nitrogens with one attached hydrogen (secondary N) is 5. The molecule has 1 saturated heterocycles. The van der Waals surface area contributed by atoms with E-state index >= 15 is 14.4 Å². The van der Waals surface area contributed by atoms with Crippen molar-refractivity contribution in [3.05, 3.63) is 112 Å². The summed E-state index contributed by atoms with van der Waals surface area (Å²) in [7, 11) is 4.84. The number of carboxylic acid groups (broad SMARTS) is 1. The SMILES string of the molecule is CO/C(C)=C1/NC(=O)C(C(C)O)NC(=O)c2csc(n2)-c2cc(O)c(-c3nc(C(=O)NC4(C(=O)O)CC4)cs3)nc2-c2csc(n2)C2COC(=O)c3c4c5c(cccc5n3O)COC(=O)C(OC3CC(C)(O)C(N(C)C)C(C)O3)C(OC4)C(NC(=O)c3csc1n3)c1nc(cs1)C(=O)N2. The Morgan fingerprint density at radius 1 is 0.828 bits per heavy atom. The number of benzene rings is 1. The third kappa shape index (κ3) is 13.1. The zero-order chi connectivity index (χ0) is 70.3. The third-order valence-electron chi connectivity index (χ3n) is 17.3. The predicted octanol–water partition coefficient (Wildman–Crippen LogP) is 4.51. The second kappa shape index (κ2) is 26.8. The maximum Gasteiger partial charge on any atom is 0.358 e. The van der Waals surface area contributed by atoms with Crippen molar-refractivity contribution in [2.45, 2.75) is 126 Å². The van der Waals surface area contributed by atoms with Crippen LogP contribution < -0.4 is 26.6 Å². The molecule has 4 aliphatic heterocycles. The number of rotatable bonds is 9. The number of aliphatic hydroxyl groups excluding tert-OH is 1. The van der Waals surface area contributed by atoms with Crippen LogP contribution in [0, 0.1) is 0 Å². The molecule has 10 atom stereocenters. The van der Waals surface area contributed by atoms with Gasteiger partial charge in [-0.1, -0.05) is 12.1 Å². The van der Waals surface area contributed by atoms with Gasteiger partial charge in [-0.05, 0) is 72.3 Å². The summed E-state index contributed by atoms with van der Waals surface area (Å²) in [5.74, 6) is -8.41. The van der Waals surface area contributed by atoms with Crippen molar-refractivity contribution in [2.24, 2.45) is 0 Å². The Bertz CT molecular complexity index is 4640. The van der Waals surface area contributed by atoms with Crippen LogP contribution in [0.5, 0.6) is 5.75 Å². The minimum atomic E-state index is -1.92. The van der Waals surface area contributed by atoms with Crippen molar-refractivity contribution in [2.75, 3.05) is 27.8 Å². The first-order valence-corrected chi connectivity index (χ1v) is 34.9. The predicted molar refractivity (Wildman–Crippen MR) is 351 cm³/mol. The van der Waals surface area contributed by atoms with Gasteiger partial charge in [0.1, 0.15) is 125 Å². The Hall–Kier alpha value is -9.28. The van der Waals surface area contributed by atoms with E-state index in [4.69, 9.17) is 43.4 Å². The van der Waals surface area contributed by atoms with Gasteiger partial charge in [-0.3, -0.25) is 24.0 Å². The number of aromatic hydroxyl groups is 1. The molecule has 12 bridgehead atoms. The number of allylic oxidation sites excluding steroid dienone is 1. The van der Waals surface area contributed by atoms with Crippen LogP contribution in [-0.2, 0) is 56.0 Å². The standard InChI is InChI=1S/C62H61N13O19S5/c1-23(76)39-52(82)71-40(24(2)89-7)55-66-33(21-97-55)50(80)72-43-45-46(94-37-14-61(4,87)47(74(5)6)25(3)93-37)59(84)91-15-26-9-8-10-35-38(26)28(16-90-45)44(75(35)88)58(83)92-17-29(63-48(78)31-20-99-57(43)67-31)54-64-30(18-96-54)41-27(53-65-32(19-95-53)49(79)70-39)13-36(77)42(69-41)56-68-34(22-98-56)51(81)73-62(11-12-62)60(85)86/h8-10,13,18-23,25,29,37,39,43,45-47,76-77,87-88H,11-12,14-17H2,1-7H3,(H,63,78)(H,70,79)(H,71,82)(H,72,80)(H,73,81)(H,85,86)/b40-24+. The highest BCUT2D eigenvalue weighted by molar-refractivity contribution is 7.14. The fourth-order valence-corrected chi connectivity index (χ4v) is 16.5. The molecule has 99 heavy (non-hydrogen) atoms. The number of hydrogen-bond donors (Lipinski definition) is 10. The zero-order valence-corrected chi connectivity index (χ0v) is 57.3. The molecule has 11 heterocycles. The number of carbonyl (C=O) groups is 8. The highest BCUT2D eigenvalue weighted by atomic mass is 32.1. The summed E-state index contributed by atoms with van der Waals surface area (Å²) >= 11 is 4.49. The van der Waals surface area contributed by atoms with Crippen LogP contribution in [0.3, 0.4) is 0 Å². The molecule has 7 aromatic heterocycles. The van der Waals surface area contributed by atoms with E-state index in [2.05, 4.69) is 41.5 Å². The lowest BCUT2D eigenvalue weighted by Crippen LogP contribution is -2.62. The number of esters is 2. The van der Waals surface area contributed by atoms with Crippen LogP contribution in [-0.4, -0.2) is 194 Å². The summed E-state index contributed by atoms with van der Waals surface area (Å²) in [6, 6.07) is 0.641. The van der Waals surface area contributed by atoms with E-state index in [-0.39, 0.29) is 118 Å². The molecule has 10 N–H and O–H groups in total. The Morgan fingerprint density at radius 2 is 1.49 bits per heavy atom. The topological polar surface area (TPSA) is 439 Å². The van der Waals surface area contributed by atoms with E-state index in [9.17, 15) is 49.6 Å². The highest BCUT2D eigenvalue weighted by Gasteiger charge is 2.53. The largest absolute Gasteiger partial charge is 0.506 e. The molecule has 0 spiro atoms. The first kappa shape index (κ1) is 68.3. The summed E-state index contributed by atoms with van der Waals surface area (Å²) in [5, 5.41) is 77.6. The molecule has 32 nitrogen and oxygen atoms in total. The van der Waals surface area contributed by atoms with Gasteiger partial charge in [0.25, 0.3) is 23.6 Å². The number of likely N-dealkylation sites (N-methyl/N-ethyl adjacent to an activating group) is 1. The van der Waals surface area contributed by atoms with Crippen LogP contribution in [0.25, 0.3) is 49.3 Å². The lowest BCUT2D eigenvalue weighted by Gasteiger charge is -2.48. The minimum Gasteiger partial charge on any atom is -0.506 e. The molecule has 13 rings (SSSR count). The van der Waals surface area contributed by atoms with Crippen LogP contribution in [0.4, 0.5) is 0 Å². The van der Waals surface area contributed by atoms with Gasteiger partial charge in [0.2, 0.25) is 5.91 Å². The molecule has 1 aromatic carbocycles. The van der Waals surface area contributed by atoms with Crippen LogP contribution in [0.1, 0.15) is 138 Å². The third-order valence-corrected chi connectivity index (χ3v) is 21.7. The van der Waals surface area contributed by atoms with Gasteiger partial charge in [-0.15, -0.1) is 56.7 Å². The summed E-state index contributed by atoms with van der Waals surface area (Å²) < 4.78 is 38.2. The Morgan fingerprint density at radius 3 is 2.20 bits per heavy atom. The number of methoxy groups -OCH3 is 1. The first-order chi connectivity index (χ1) is 47.2. The van der Waals surface area contributed by atoms with Gasteiger partial charge in [-0.2, -0.15) is 4.73 Å². The summed E-state index contributed by atoms with van der Waals surface area (Å²) in [6.45, 7) is 4.23. The Balaban J connectivity index is 0.980. The van der Waals surface area contributed by atoms with Crippen LogP contribution >= 0.6 is 56.7 Å². The Labute approximate surface area is 579 Å². The van der Waals surface area contributed by atoms with E-state index in [0.717, 1.165) is 56.7 Å². The fourth-order valence-electron chi connectivity index (χ4n) is 12.3. The molecular weight excluding hydrogens is 1390 g/mol. The van der Waals surface area contributed by atoms with Crippen molar-refractivity contribution in [1.29, 1.82) is 0 Å². The Kier molecular flexibility index (Phi) is 18.4. The van der Waals surface area contributed by atoms with Crippen molar-refractivity contribution < 1.29 is 92.4 Å². The fraction of sp³-hybridized carbons (Fsp3) is 0.387. The molecular formula is C62H61N13O19S5. The number of aliphatic carboxylic acids is 1. The number of amides is 5. The van der Waals surface area contributed by atoms with E-state index in [1.54, 1.807) is 45.0 Å². The molecule has 5 amide bonds. The molecule has 2 fully saturated rings. The van der Waals surface area contributed by atoms with Gasteiger partial charge in [0, 0.05) is 49.8 Å². The number of cyclic esters (lactones) is 2. The number of nitrogens with zero attached hydrogens (tertiary/aromatic N) is 8. The summed E-state index contributed by atoms with van der Waals surface area (Å²) in [5.41, 5.74) is -4.26.